The van der Waals surface area contributed by atoms with Crippen molar-refractivity contribution in [3.63, 3.8) is 0 Å². The van der Waals surface area contributed by atoms with Gasteiger partial charge in [-0.25, -0.2) is 4.98 Å². The van der Waals surface area contributed by atoms with Gasteiger partial charge in [0.2, 0.25) is 0 Å². The molecule has 0 aromatic carbocycles. The van der Waals surface area contributed by atoms with Crippen LogP contribution in [0.25, 0.3) is 0 Å². The molecule has 0 spiro atoms. The third kappa shape index (κ3) is 3.64. The Balaban J connectivity index is 0.00000162. The minimum absolute atomic E-state index is 0. The first-order valence-corrected chi connectivity index (χ1v) is 4.89. The van der Waals surface area contributed by atoms with Crippen LogP contribution < -0.4 is 10.6 Å². The zero-order chi connectivity index (χ0) is 12.6. The summed E-state index contributed by atoms with van der Waals surface area (Å²) in [5.41, 5.74) is -0.321. The molecule has 0 bridgehead atoms. The number of hydrogen-bond donors (Lipinski definition) is 4. The van der Waals surface area contributed by atoms with E-state index < -0.39 is 37.2 Å². The van der Waals surface area contributed by atoms with Gasteiger partial charge in [-0.1, -0.05) is 0 Å². The van der Waals surface area contributed by atoms with Gasteiger partial charge < -0.3 is 29.7 Å². The maximum atomic E-state index is 11.5. The average Bonchev–Trinajstić information content (AvgIpc) is 2.57. The van der Waals surface area contributed by atoms with Crippen molar-refractivity contribution < 1.29 is 52.8 Å². The zero-order valence-electron chi connectivity index (χ0n) is 9.76. The van der Waals surface area contributed by atoms with Crippen LogP contribution in [-0.2, 0) is 32.4 Å². The van der Waals surface area contributed by atoms with Crippen molar-refractivity contribution >= 4 is 12.4 Å². The van der Waals surface area contributed by atoms with Crippen molar-refractivity contribution in [1.29, 1.82) is 5.41 Å². The fourth-order valence-electron chi connectivity index (χ4n) is 1.66. The molecule has 102 valence electrons. The molecular formula is C9H12ClHgN3O5. The summed E-state index contributed by atoms with van der Waals surface area (Å²) in [5.74, 6) is 0. The molecule has 1 aliphatic heterocycles. The third-order valence-electron chi connectivity index (χ3n) is 2.56. The number of aliphatic hydroxyl groups excluding tert-OH is 3. The zero-order valence-corrected chi connectivity index (χ0v) is 16.1. The molecule has 0 unspecified atom stereocenters. The molecule has 4 atom stereocenters. The third-order valence-corrected chi connectivity index (χ3v) is 2.56. The quantitative estimate of drug-likeness (QED) is 0.341. The molecular weight excluding hydrogens is 466 g/mol. The van der Waals surface area contributed by atoms with E-state index in [1.165, 1.54) is 0 Å². The van der Waals surface area contributed by atoms with Crippen LogP contribution in [0.15, 0.2) is 6.20 Å². The van der Waals surface area contributed by atoms with Crippen molar-refractivity contribution in [3.8, 4) is 6.01 Å². The van der Waals surface area contributed by atoms with Gasteiger partial charge in [0.1, 0.15) is 18.3 Å². The van der Waals surface area contributed by atoms with Gasteiger partial charge in [0.25, 0.3) is 0 Å². The molecule has 19 heavy (non-hydrogen) atoms. The van der Waals surface area contributed by atoms with E-state index in [4.69, 9.17) is 15.3 Å². The average molecular weight is 478 g/mol. The number of aliphatic hydroxyl groups is 3. The van der Waals surface area contributed by atoms with Crippen molar-refractivity contribution in [2.24, 2.45) is 0 Å². The number of hydrogen-bond acceptors (Lipinski definition) is 7. The summed E-state index contributed by atoms with van der Waals surface area (Å²) >= 11 is 0. The monoisotopic (exact) mass is 479 g/mol. The fraction of sp³-hybridized carbons (Fsp3) is 0.556. The summed E-state index contributed by atoms with van der Waals surface area (Å²) in [5, 5.41) is 46.6. The van der Waals surface area contributed by atoms with Crippen LogP contribution >= 0.6 is 12.4 Å². The van der Waals surface area contributed by atoms with Gasteiger partial charge in [-0.2, -0.15) is 0 Å². The summed E-state index contributed by atoms with van der Waals surface area (Å²) in [7, 11) is 0. The van der Waals surface area contributed by atoms with Gasteiger partial charge in [0, 0.05) is 12.3 Å². The molecule has 2 radical (unpaired) electrons. The van der Waals surface area contributed by atoms with E-state index in [9.17, 15) is 15.3 Å². The second-order valence-corrected chi connectivity index (χ2v) is 3.65. The molecule has 1 fully saturated rings. The van der Waals surface area contributed by atoms with Crippen LogP contribution in [0, 0.1) is 11.5 Å². The van der Waals surface area contributed by atoms with E-state index in [0.717, 1.165) is 10.8 Å². The number of rotatable bonds is 2. The molecule has 0 saturated carbocycles. The van der Waals surface area contributed by atoms with Crippen LogP contribution in [0.1, 0.15) is 6.23 Å². The van der Waals surface area contributed by atoms with Crippen LogP contribution in [0.5, 0.6) is 6.01 Å². The molecule has 0 aliphatic carbocycles. The molecule has 0 amide bonds. The van der Waals surface area contributed by atoms with E-state index in [0.29, 0.717) is 0 Å². The Morgan fingerprint density at radius 3 is 2.58 bits per heavy atom. The van der Waals surface area contributed by atoms with Crippen LogP contribution in [0.4, 0.5) is 0 Å². The van der Waals surface area contributed by atoms with Crippen LogP contribution in [0.2, 0.25) is 0 Å². The maximum Gasteiger partial charge on any atom is 1.00 e. The minimum atomic E-state index is -1.35. The molecule has 2 heterocycles. The van der Waals surface area contributed by atoms with E-state index in [-0.39, 0.29) is 45.6 Å². The van der Waals surface area contributed by atoms with Gasteiger partial charge in [-0.05, 0) is 0 Å². The van der Waals surface area contributed by atoms with Crippen molar-refractivity contribution in [1.82, 2.24) is 9.55 Å². The van der Waals surface area contributed by atoms with Gasteiger partial charge in [0.05, 0.1) is 12.6 Å². The Kier molecular flexibility index (Phi) is 7.41. The summed E-state index contributed by atoms with van der Waals surface area (Å²) in [4.78, 5) is 3.31. The molecule has 1 aromatic heterocycles. The summed E-state index contributed by atoms with van der Waals surface area (Å²) in [6.45, 7) is -0.475. The maximum absolute atomic E-state index is 11.5. The molecule has 10 heteroatoms. The first-order valence-electron chi connectivity index (χ1n) is 4.89. The summed E-state index contributed by atoms with van der Waals surface area (Å²) < 4.78 is 6.05. The van der Waals surface area contributed by atoms with Crippen molar-refractivity contribution in [3.05, 3.63) is 17.8 Å². The largest absolute Gasteiger partial charge is 1.00 e. The standard InChI is InChI=1S/C9H12N3O5.ClH.Hg/c10-5-1-2-12(9(16)11-5)8-7(15)6(14)4(3-13)17-8;;/h2,4,6-8,13-15H,3H2,(H2,10,11,16);1H;/q;;+1/p-1/t4-,6-,7-,8-;;/m1../s1. The normalized spacial score (nSPS) is 29.4. The van der Waals surface area contributed by atoms with E-state index in [1.807, 2.05) is 0 Å². The van der Waals surface area contributed by atoms with Gasteiger partial charge in [0.15, 0.2) is 11.7 Å². The second-order valence-electron chi connectivity index (χ2n) is 3.65. The van der Waals surface area contributed by atoms with Crippen LogP contribution in [0.3, 0.4) is 0 Å². The molecule has 1 aliphatic rings. The van der Waals surface area contributed by atoms with Crippen molar-refractivity contribution in [2.75, 3.05) is 6.61 Å². The first kappa shape index (κ1) is 18.7. The number of ether oxygens (including phenoxy) is 1. The smallest absolute Gasteiger partial charge is 0.846 e. The van der Waals surface area contributed by atoms with Crippen LogP contribution in [-0.4, -0.2) is 49.8 Å². The van der Waals surface area contributed by atoms with E-state index in [2.05, 4.69) is 11.1 Å². The Morgan fingerprint density at radius 1 is 1.47 bits per heavy atom. The Labute approximate surface area is 135 Å². The summed E-state index contributed by atoms with van der Waals surface area (Å²) in [6.07, 6.45) is -3.61. The Morgan fingerprint density at radius 2 is 2.11 bits per heavy atom. The number of halogens is 1. The van der Waals surface area contributed by atoms with Crippen molar-refractivity contribution in [2.45, 2.75) is 24.5 Å². The number of nitrogens with one attached hydrogen (secondary N) is 1. The number of nitrogens with zero attached hydrogens (tertiary/aromatic N) is 2. The predicted octanol–water partition coefficient (Wildman–Crippen LogP) is -2.73. The van der Waals surface area contributed by atoms with Gasteiger partial charge in [-0.15, -0.1) is 12.4 Å². The van der Waals surface area contributed by atoms with E-state index in [1.54, 1.807) is 0 Å². The molecule has 2 rings (SSSR count). The fourth-order valence-corrected chi connectivity index (χ4v) is 1.66. The molecule has 8 nitrogen and oxygen atoms in total. The minimum Gasteiger partial charge on any atom is -0.846 e. The Bertz CT molecular complexity index is 473. The van der Waals surface area contributed by atoms with Gasteiger partial charge in [-0.3, -0.25) is 5.41 Å². The van der Waals surface area contributed by atoms with E-state index >= 15 is 0 Å². The molecule has 1 saturated heterocycles. The second kappa shape index (κ2) is 7.51. The Hall–Kier alpha value is -0.255. The SMILES string of the molecule is Cl.N=c1[c]cn([C@@H]2O[C@H](CO)[C@@H](O)[C@H]2O)c([O-])n1.[Hg+]. The van der Waals surface area contributed by atoms with Gasteiger partial charge >= 0.3 is 27.7 Å². The first-order chi connectivity index (χ1) is 8.04. The summed E-state index contributed by atoms with van der Waals surface area (Å²) in [6, 6.07) is 1.58. The topological polar surface area (TPSA) is 135 Å². The number of aromatic nitrogens is 2. The molecule has 1 aromatic rings. The predicted molar refractivity (Wildman–Crippen MR) is 56.6 cm³/mol. The molecule has 4 N–H and O–H groups in total.